The fourth-order valence-corrected chi connectivity index (χ4v) is 0. The molecular formula is BiCaFeInV. The zero-order valence-corrected chi connectivity index (χ0v) is 14.0. The van der Waals surface area contributed by atoms with Crippen molar-refractivity contribution in [1.82, 2.24) is 0 Å². The van der Waals surface area contributed by atoms with E-state index in [1.54, 1.807) is 0 Å². The van der Waals surface area contributed by atoms with E-state index in [0.717, 1.165) is 0 Å². The van der Waals surface area contributed by atoms with Crippen molar-refractivity contribution in [2.75, 3.05) is 0 Å². The number of hydrogen-bond acceptors (Lipinski definition) is 0. The van der Waals surface area contributed by atoms with Crippen molar-refractivity contribution in [3.8, 4) is 0 Å². The van der Waals surface area contributed by atoms with E-state index in [4.69, 9.17) is 0 Å². The summed E-state index contributed by atoms with van der Waals surface area (Å²) in [5.74, 6) is 0. The summed E-state index contributed by atoms with van der Waals surface area (Å²) in [7, 11) is 0. The maximum atomic E-state index is 0. The van der Waals surface area contributed by atoms with Gasteiger partial charge in [-0.2, -0.15) is 0 Å². The fraction of sp³-hybridized carbons (Fsp3) is 0. The molecule has 0 spiro atoms. The maximum absolute atomic E-state index is 0. The third-order valence-electron chi connectivity index (χ3n) is 0. The van der Waals surface area contributed by atoms with Gasteiger partial charge in [-0.05, 0) is 0 Å². The molecular weight excluding hydrogens is 471 g/mol. The van der Waals surface area contributed by atoms with Crippen molar-refractivity contribution in [2.45, 2.75) is 0 Å². The minimum absolute atomic E-state index is 0. The fourth-order valence-electron chi connectivity index (χ4n) is 0. The summed E-state index contributed by atoms with van der Waals surface area (Å²) in [5.41, 5.74) is 0. The molecule has 0 unspecified atom stereocenters. The molecule has 0 amide bonds. The first-order valence-electron chi connectivity index (χ1n) is 0. The Bertz CT molecular complexity index is 11.6. The van der Waals surface area contributed by atoms with Gasteiger partial charge in [0.2, 0.25) is 0 Å². The van der Waals surface area contributed by atoms with Crippen LogP contribution in [0, 0.1) is 0 Å². The minimum atomic E-state index is 0. The van der Waals surface area contributed by atoms with Crippen LogP contribution in [0.4, 0.5) is 0 Å². The topological polar surface area (TPSA) is 0 Å². The predicted molar refractivity (Wildman–Crippen MR) is 17.3 cm³/mol. The molecule has 0 fully saturated rings. The van der Waals surface area contributed by atoms with Gasteiger partial charge in [0.25, 0.3) is 0 Å². The van der Waals surface area contributed by atoms with Gasteiger partial charge in [-0.3, -0.25) is 0 Å². The Kier molecular flexibility index (Phi) is 172. The van der Waals surface area contributed by atoms with Crippen LogP contribution in [0.5, 0.6) is 0 Å². The second kappa shape index (κ2) is 24.3. The largest absolute Gasteiger partial charge is 0 e. The van der Waals surface area contributed by atoms with Gasteiger partial charge in [-0.1, -0.05) is 0 Å². The molecule has 0 rings (SSSR count). The quantitative estimate of drug-likeness (QED) is 0.393. The van der Waals surface area contributed by atoms with Crippen LogP contribution in [-0.2, 0) is 35.6 Å². The Balaban J connectivity index is 0. The molecule has 0 aliphatic carbocycles. The van der Waals surface area contributed by atoms with E-state index >= 15 is 0 Å². The molecule has 0 bridgehead atoms. The summed E-state index contributed by atoms with van der Waals surface area (Å²) in [5, 5.41) is 0. The van der Waals surface area contributed by atoms with Crippen LogP contribution in [0.3, 0.4) is 0 Å². The molecule has 0 aromatic heterocycles. The summed E-state index contributed by atoms with van der Waals surface area (Å²) in [4.78, 5) is 0. The Morgan fingerprint density at radius 3 is 1.00 bits per heavy atom. The van der Waals surface area contributed by atoms with Crippen LogP contribution in [0.25, 0.3) is 0 Å². The SMILES string of the molecule is [Bi].[Ca].[Fe].[In].[V]. The standard InChI is InChI=1S/Bi.Ca.Fe.In.V. The Labute approximate surface area is 122 Å². The van der Waals surface area contributed by atoms with Crippen molar-refractivity contribution >= 4 is 89.8 Å². The van der Waals surface area contributed by atoms with Crippen molar-refractivity contribution in [2.24, 2.45) is 0 Å². The average Bonchev–Trinajstić information content (AvgIpc) is 0. The van der Waals surface area contributed by atoms with E-state index in [0.29, 0.717) is 0 Å². The third kappa shape index (κ3) is 17.9. The monoisotopic (exact) mass is 471 g/mol. The molecule has 5 heavy (non-hydrogen) atoms. The average molecular weight is 471 g/mol. The van der Waals surface area contributed by atoms with Crippen molar-refractivity contribution in [3.05, 3.63) is 0 Å². The van der Waals surface area contributed by atoms with Gasteiger partial charge >= 0.3 is 0 Å². The molecule has 0 N–H and O–H groups in total. The second-order valence-electron chi connectivity index (χ2n) is 0. The van der Waals surface area contributed by atoms with E-state index in [-0.39, 0.29) is 125 Å². The van der Waals surface area contributed by atoms with Crippen LogP contribution in [0.15, 0.2) is 0 Å². The summed E-state index contributed by atoms with van der Waals surface area (Å²) in [6.45, 7) is 0. The molecule has 0 aliphatic rings. The summed E-state index contributed by atoms with van der Waals surface area (Å²) >= 11 is 0. The van der Waals surface area contributed by atoms with E-state index in [9.17, 15) is 0 Å². The Morgan fingerprint density at radius 1 is 1.00 bits per heavy atom. The minimum Gasteiger partial charge on any atom is 0 e. The first-order valence-corrected chi connectivity index (χ1v) is 0. The predicted octanol–water partition coefficient (Wildman–Crippen LogP) is -1.15. The smallest absolute Gasteiger partial charge is 0 e. The first kappa shape index (κ1) is 35.4. The van der Waals surface area contributed by atoms with Crippen LogP contribution in [-0.4, -0.2) is 89.8 Å². The van der Waals surface area contributed by atoms with Gasteiger partial charge in [-0.25, -0.2) is 0 Å². The third-order valence-corrected chi connectivity index (χ3v) is 0. The van der Waals surface area contributed by atoms with Gasteiger partial charge in [-0.15, -0.1) is 0 Å². The first-order chi connectivity index (χ1) is 0. The Morgan fingerprint density at radius 2 is 1.00 bits per heavy atom. The number of rotatable bonds is 0. The van der Waals surface area contributed by atoms with Gasteiger partial charge in [0.15, 0.2) is 0 Å². The van der Waals surface area contributed by atoms with Gasteiger partial charge in [0, 0.05) is 125 Å². The van der Waals surface area contributed by atoms with E-state index in [1.807, 2.05) is 0 Å². The van der Waals surface area contributed by atoms with Crippen LogP contribution >= 0.6 is 0 Å². The molecule has 0 aromatic carbocycles. The molecule has 0 nitrogen and oxygen atoms in total. The molecule has 0 saturated carbocycles. The number of hydrogen-bond donors (Lipinski definition) is 0. The summed E-state index contributed by atoms with van der Waals surface area (Å²) in [6.07, 6.45) is 0. The summed E-state index contributed by atoms with van der Waals surface area (Å²) in [6, 6.07) is 0. The zero-order chi connectivity index (χ0) is 0. The molecule has 0 aromatic rings. The van der Waals surface area contributed by atoms with E-state index in [1.165, 1.54) is 0 Å². The zero-order valence-electron chi connectivity index (χ0n) is 2.53. The Hall–Kier alpha value is 4.12. The molecule has 0 aliphatic heterocycles. The molecule has 0 saturated heterocycles. The second-order valence-corrected chi connectivity index (χ2v) is 0. The normalized spacial score (nSPS) is 0. The van der Waals surface area contributed by atoms with Gasteiger partial charge in [0.05, 0.1) is 0 Å². The van der Waals surface area contributed by atoms with E-state index in [2.05, 4.69) is 0 Å². The molecule has 23 valence electrons. The van der Waals surface area contributed by atoms with Crippen molar-refractivity contribution in [3.63, 3.8) is 0 Å². The molecule has 0 atom stereocenters. The van der Waals surface area contributed by atoms with Crippen LogP contribution in [0.2, 0.25) is 0 Å². The molecule has 5 heteroatoms. The molecule has 0 heterocycles. The van der Waals surface area contributed by atoms with E-state index < -0.39 is 0 Å². The van der Waals surface area contributed by atoms with Gasteiger partial charge in [0.1, 0.15) is 0 Å². The van der Waals surface area contributed by atoms with Crippen LogP contribution in [0.1, 0.15) is 0 Å². The van der Waals surface area contributed by atoms with Gasteiger partial charge < -0.3 is 0 Å². The maximum Gasteiger partial charge on any atom is 0 e. The summed E-state index contributed by atoms with van der Waals surface area (Å²) < 4.78 is 0. The molecule has 9 radical (unpaired) electrons. The van der Waals surface area contributed by atoms with Crippen molar-refractivity contribution in [1.29, 1.82) is 0 Å². The van der Waals surface area contributed by atoms with Crippen LogP contribution < -0.4 is 0 Å². The van der Waals surface area contributed by atoms with Crippen molar-refractivity contribution < 1.29 is 35.6 Å².